The first-order valence-electron chi connectivity index (χ1n) is 6.80. The van der Waals surface area contributed by atoms with Crippen molar-refractivity contribution in [1.82, 2.24) is 14.8 Å². The van der Waals surface area contributed by atoms with Crippen molar-refractivity contribution in [3.63, 3.8) is 0 Å². The van der Waals surface area contributed by atoms with E-state index in [4.69, 9.17) is 4.74 Å². The molecule has 0 saturated carbocycles. The number of methoxy groups -OCH3 is 1. The summed E-state index contributed by atoms with van der Waals surface area (Å²) < 4.78 is 33.3. The van der Waals surface area contributed by atoms with E-state index in [1.165, 1.54) is 6.07 Å². The minimum atomic E-state index is -2.56. The molecule has 0 aliphatic heterocycles. The van der Waals surface area contributed by atoms with Gasteiger partial charge in [0.25, 0.3) is 6.43 Å². The van der Waals surface area contributed by atoms with E-state index in [0.717, 1.165) is 5.69 Å². The highest BCUT2D eigenvalue weighted by atomic mass is 19.3. The Bertz CT molecular complexity index is 826. The van der Waals surface area contributed by atoms with Gasteiger partial charge in [-0.15, -0.1) is 0 Å². The third-order valence-corrected chi connectivity index (χ3v) is 3.52. The molecule has 0 unspecified atom stereocenters. The molecule has 0 bridgehead atoms. The topological polar surface area (TPSA) is 39.9 Å². The van der Waals surface area contributed by atoms with Crippen LogP contribution in [0, 0.1) is 13.8 Å². The monoisotopic (exact) mass is 303 g/mol. The molecule has 0 aliphatic carbocycles. The maximum absolute atomic E-state index is 13.3. The molecule has 114 valence electrons. The van der Waals surface area contributed by atoms with Crippen molar-refractivity contribution < 1.29 is 13.5 Å². The zero-order valence-corrected chi connectivity index (χ0v) is 12.5. The lowest BCUT2D eigenvalue weighted by atomic mass is 10.1. The van der Waals surface area contributed by atoms with Crippen LogP contribution in [0.4, 0.5) is 8.78 Å². The maximum Gasteiger partial charge on any atom is 0.264 e. The highest BCUT2D eigenvalue weighted by molar-refractivity contribution is 5.84. The second kappa shape index (κ2) is 5.36. The molecule has 0 atom stereocenters. The number of fused-ring (bicyclic) bond motifs is 1. The van der Waals surface area contributed by atoms with Crippen LogP contribution in [0.1, 0.15) is 23.4 Å². The van der Waals surface area contributed by atoms with Crippen LogP contribution in [-0.2, 0) is 0 Å². The molecule has 6 heteroatoms. The molecule has 1 aromatic carbocycles. The lowest BCUT2D eigenvalue weighted by Crippen LogP contribution is -1.99. The van der Waals surface area contributed by atoms with Crippen molar-refractivity contribution in [2.75, 3.05) is 7.11 Å². The smallest absolute Gasteiger partial charge is 0.264 e. The predicted octanol–water partition coefficient (Wildman–Crippen LogP) is 3.98. The van der Waals surface area contributed by atoms with Crippen LogP contribution in [0.2, 0.25) is 0 Å². The van der Waals surface area contributed by atoms with Gasteiger partial charge in [-0.25, -0.2) is 18.4 Å². The number of aromatic nitrogens is 3. The van der Waals surface area contributed by atoms with Crippen molar-refractivity contribution in [3.8, 4) is 11.4 Å². The van der Waals surface area contributed by atoms with Crippen LogP contribution in [0.5, 0.6) is 5.75 Å². The van der Waals surface area contributed by atoms with Gasteiger partial charge in [-0.2, -0.15) is 5.10 Å². The summed E-state index contributed by atoms with van der Waals surface area (Å²) >= 11 is 0. The molecule has 4 nitrogen and oxygen atoms in total. The first kappa shape index (κ1) is 14.4. The molecule has 2 heterocycles. The fourth-order valence-electron chi connectivity index (χ4n) is 2.53. The highest BCUT2D eigenvalue weighted by Gasteiger charge is 2.20. The molecule has 0 N–H and O–H groups in total. The second-order valence-electron chi connectivity index (χ2n) is 5.05. The van der Waals surface area contributed by atoms with Crippen molar-refractivity contribution in [1.29, 1.82) is 0 Å². The first-order chi connectivity index (χ1) is 10.5. The van der Waals surface area contributed by atoms with E-state index >= 15 is 0 Å². The fraction of sp³-hybridized carbons (Fsp3) is 0.250. The average molecular weight is 303 g/mol. The fourth-order valence-corrected chi connectivity index (χ4v) is 2.53. The SMILES string of the molecule is COc1ccc(-n2nc(C)c3c(C(F)F)cc(C)nc32)cc1. The standard InChI is InChI=1S/C16H15F2N3O/c1-9-8-13(15(17)18)14-10(2)20-21(16(14)19-9)11-4-6-12(22-3)7-5-11/h4-8,15H,1-3H3. The molecular formula is C16H15F2N3O. The van der Waals surface area contributed by atoms with Gasteiger partial charge >= 0.3 is 0 Å². The van der Waals surface area contributed by atoms with E-state index in [2.05, 4.69) is 10.1 Å². The highest BCUT2D eigenvalue weighted by Crippen LogP contribution is 2.31. The third kappa shape index (κ3) is 2.30. The first-order valence-corrected chi connectivity index (χ1v) is 6.80. The van der Waals surface area contributed by atoms with E-state index in [0.29, 0.717) is 28.2 Å². The summed E-state index contributed by atoms with van der Waals surface area (Å²) in [6, 6.07) is 8.64. The number of aryl methyl sites for hydroxylation is 2. The van der Waals surface area contributed by atoms with Gasteiger partial charge in [0.1, 0.15) is 5.75 Å². The summed E-state index contributed by atoms with van der Waals surface area (Å²) in [5.74, 6) is 0.717. The molecule has 0 saturated heterocycles. The Labute approximate surface area is 126 Å². The van der Waals surface area contributed by atoms with Gasteiger partial charge < -0.3 is 4.74 Å². The molecular weight excluding hydrogens is 288 g/mol. The molecule has 0 spiro atoms. The summed E-state index contributed by atoms with van der Waals surface area (Å²) in [5.41, 5.74) is 2.24. The van der Waals surface area contributed by atoms with E-state index < -0.39 is 6.43 Å². The minimum absolute atomic E-state index is 0.0280. The molecule has 0 fully saturated rings. The molecule has 22 heavy (non-hydrogen) atoms. The Kier molecular flexibility index (Phi) is 3.52. The van der Waals surface area contributed by atoms with Gasteiger partial charge in [-0.05, 0) is 44.2 Å². The van der Waals surface area contributed by atoms with Gasteiger partial charge in [0.15, 0.2) is 5.65 Å². The summed E-state index contributed by atoms with van der Waals surface area (Å²) in [5, 5.41) is 4.79. The van der Waals surface area contributed by atoms with E-state index in [1.807, 2.05) is 12.1 Å². The van der Waals surface area contributed by atoms with Crippen LogP contribution >= 0.6 is 0 Å². The maximum atomic E-state index is 13.3. The Morgan fingerprint density at radius 3 is 2.41 bits per heavy atom. The van der Waals surface area contributed by atoms with Crippen molar-refractivity contribution >= 4 is 11.0 Å². The third-order valence-electron chi connectivity index (χ3n) is 3.52. The zero-order chi connectivity index (χ0) is 15.9. The van der Waals surface area contributed by atoms with Crippen molar-refractivity contribution in [2.24, 2.45) is 0 Å². The van der Waals surface area contributed by atoms with Gasteiger partial charge in [0.2, 0.25) is 0 Å². The lowest BCUT2D eigenvalue weighted by Gasteiger charge is -2.07. The number of pyridine rings is 1. The predicted molar refractivity (Wildman–Crippen MR) is 79.8 cm³/mol. The number of nitrogens with zero attached hydrogens (tertiary/aromatic N) is 3. The average Bonchev–Trinajstić information content (AvgIpc) is 2.83. The molecule has 3 aromatic rings. The summed E-state index contributed by atoms with van der Waals surface area (Å²) in [7, 11) is 1.59. The number of alkyl halides is 2. The van der Waals surface area contributed by atoms with Crippen LogP contribution in [0.15, 0.2) is 30.3 Å². The quantitative estimate of drug-likeness (QED) is 0.734. The van der Waals surface area contributed by atoms with Gasteiger partial charge in [-0.3, -0.25) is 0 Å². The second-order valence-corrected chi connectivity index (χ2v) is 5.05. The van der Waals surface area contributed by atoms with Gasteiger partial charge in [0, 0.05) is 11.3 Å². The van der Waals surface area contributed by atoms with Crippen LogP contribution in [0.3, 0.4) is 0 Å². The number of hydrogen-bond donors (Lipinski definition) is 0. The normalized spacial score (nSPS) is 11.4. The number of ether oxygens (including phenoxy) is 1. The van der Waals surface area contributed by atoms with E-state index in [9.17, 15) is 8.78 Å². The lowest BCUT2D eigenvalue weighted by molar-refractivity contribution is 0.153. The van der Waals surface area contributed by atoms with Gasteiger partial charge in [-0.1, -0.05) is 0 Å². The zero-order valence-electron chi connectivity index (χ0n) is 12.5. The molecule has 0 aliphatic rings. The summed E-state index contributed by atoms with van der Waals surface area (Å²) in [6.45, 7) is 3.41. The number of halogens is 2. The molecule has 2 aromatic heterocycles. The largest absolute Gasteiger partial charge is 0.497 e. The van der Waals surface area contributed by atoms with E-state index in [-0.39, 0.29) is 5.56 Å². The van der Waals surface area contributed by atoms with Gasteiger partial charge in [0.05, 0.1) is 23.9 Å². The molecule has 0 amide bonds. The van der Waals surface area contributed by atoms with Crippen LogP contribution in [0.25, 0.3) is 16.7 Å². The van der Waals surface area contributed by atoms with E-state index in [1.54, 1.807) is 37.8 Å². The van der Waals surface area contributed by atoms with Crippen molar-refractivity contribution in [2.45, 2.75) is 20.3 Å². The minimum Gasteiger partial charge on any atom is -0.497 e. The Morgan fingerprint density at radius 1 is 1.14 bits per heavy atom. The number of rotatable bonds is 3. The number of hydrogen-bond acceptors (Lipinski definition) is 3. The Morgan fingerprint density at radius 2 is 1.82 bits per heavy atom. The van der Waals surface area contributed by atoms with Crippen LogP contribution < -0.4 is 4.74 Å². The summed E-state index contributed by atoms with van der Waals surface area (Å²) in [6.07, 6.45) is -2.56. The van der Waals surface area contributed by atoms with Crippen LogP contribution in [-0.4, -0.2) is 21.9 Å². The Hall–Kier alpha value is -2.50. The summed E-state index contributed by atoms with van der Waals surface area (Å²) in [4.78, 5) is 4.39. The number of benzene rings is 1. The van der Waals surface area contributed by atoms with Crippen molar-refractivity contribution in [3.05, 3.63) is 47.3 Å². The Balaban J connectivity index is 2.26. The molecule has 0 radical (unpaired) electrons. The molecule has 3 rings (SSSR count).